The number of alkyl halides is 1. The van der Waals surface area contributed by atoms with Gasteiger partial charge in [-0.3, -0.25) is 9.59 Å². The van der Waals surface area contributed by atoms with E-state index in [1.807, 2.05) is 0 Å². The van der Waals surface area contributed by atoms with Gasteiger partial charge in [0, 0.05) is 25.5 Å². The summed E-state index contributed by atoms with van der Waals surface area (Å²) in [6, 6.07) is 3.63. The van der Waals surface area contributed by atoms with Gasteiger partial charge in [0.15, 0.2) is 0 Å². The van der Waals surface area contributed by atoms with Gasteiger partial charge in [0.2, 0.25) is 11.8 Å². The van der Waals surface area contributed by atoms with Gasteiger partial charge in [-0.05, 0) is 6.07 Å². The van der Waals surface area contributed by atoms with Crippen molar-refractivity contribution in [2.45, 2.75) is 32.1 Å². The highest BCUT2D eigenvalue weighted by atomic mass is 35.5. The van der Waals surface area contributed by atoms with Gasteiger partial charge in [0.05, 0.1) is 11.6 Å². The van der Waals surface area contributed by atoms with Gasteiger partial charge in [-0.2, -0.15) is 0 Å². The lowest BCUT2D eigenvalue weighted by molar-refractivity contribution is -0.136. The van der Waals surface area contributed by atoms with Crippen LogP contribution in [0.4, 0.5) is 8.78 Å². The number of carbonyl (C=O) groups is 2. The largest absolute Gasteiger partial charge is 0.350 e. The average Bonchev–Trinajstić information content (AvgIpc) is 2.82. The quantitative estimate of drug-likeness (QED) is 0.928. The topological polar surface area (TPSA) is 49.4 Å². The Morgan fingerprint density at radius 1 is 1.48 bits per heavy atom. The van der Waals surface area contributed by atoms with E-state index in [2.05, 4.69) is 5.32 Å². The Bertz CT molecular complexity index is 568. The van der Waals surface area contributed by atoms with Gasteiger partial charge in [0.25, 0.3) is 0 Å². The molecule has 1 aliphatic rings. The predicted octanol–water partition coefficient (Wildman–Crippen LogP) is 2.05. The summed E-state index contributed by atoms with van der Waals surface area (Å²) in [6.07, 6.45) is -1.25. The lowest BCUT2D eigenvalue weighted by Crippen LogP contribution is -2.45. The number of rotatable bonds is 3. The van der Waals surface area contributed by atoms with Crippen LogP contribution < -0.4 is 5.32 Å². The van der Waals surface area contributed by atoms with Gasteiger partial charge in [-0.25, -0.2) is 8.78 Å². The molecule has 0 bridgehead atoms. The molecular formula is C14H15ClF2N2O2. The van der Waals surface area contributed by atoms with Crippen molar-refractivity contribution in [3.63, 3.8) is 0 Å². The molecule has 0 aliphatic carbocycles. The molecule has 1 heterocycles. The van der Waals surface area contributed by atoms with Crippen LogP contribution in [0.2, 0.25) is 5.02 Å². The van der Waals surface area contributed by atoms with Crippen LogP contribution in [0.1, 0.15) is 18.9 Å². The number of nitrogens with one attached hydrogen (secondary N) is 1. The smallest absolute Gasteiger partial charge is 0.243 e. The van der Waals surface area contributed by atoms with Crippen molar-refractivity contribution >= 4 is 23.4 Å². The SMILES string of the molecule is CC(=O)N1C[C@H](F)C[C@H]1C(=O)NCc1cccc(Cl)c1F. The number of likely N-dealkylation sites (tertiary alicyclic amines) is 1. The second kappa shape index (κ2) is 6.39. The summed E-state index contributed by atoms with van der Waals surface area (Å²) in [5, 5.41) is 2.49. The molecule has 0 saturated carbocycles. The Kier molecular flexibility index (Phi) is 4.77. The van der Waals surface area contributed by atoms with Crippen molar-refractivity contribution < 1.29 is 18.4 Å². The molecule has 2 rings (SSSR count). The summed E-state index contributed by atoms with van der Waals surface area (Å²) < 4.78 is 27.1. The second-order valence-corrected chi connectivity index (χ2v) is 5.36. The number of benzene rings is 1. The number of halogens is 3. The van der Waals surface area contributed by atoms with Crippen LogP contribution in [0.3, 0.4) is 0 Å². The Hall–Kier alpha value is -1.69. The summed E-state index contributed by atoms with van der Waals surface area (Å²) in [7, 11) is 0. The maximum absolute atomic E-state index is 13.7. The maximum atomic E-state index is 13.7. The van der Waals surface area contributed by atoms with E-state index in [-0.39, 0.29) is 36.0 Å². The van der Waals surface area contributed by atoms with Crippen LogP contribution in [-0.4, -0.2) is 35.5 Å². The Labute approximate surface area is 126 Å². The zero-order chi connectivity index (χ0) is 15.6. The van der Waals surface area contributed by atoms with Crippen molar-refractivity contribution in [3.05, 3.63) is 34.6 Å². The van der Waals surface area contributed by atoms with E-state index in [4.69, 9.17) is 11.6 Å². The minimum atomic E-state index is -1.22. The average molecular weight is 317 g/mol. The van der Waals surface area contributed by atoms with E-state index >= 15 is 0 Å². The molecule has 7 heteroatoms. The first kappa shape index (κ1) is 15.7. The number of nitrogens with zero attached hydrogens (tertiary/aromatic N) is 1. The van der Waals surface area contributed by atoms with E-state index in [1.54, 1.807) is 6.07 Å². The molecule has 4 nitrogen and oxygen atoms in total. The van der Waals surface area contributed by atoms with Crippen LogP contribution in [0.15, 0.2) is 18.2 Å². The molecule has 0 aromatic heterocycles. The molecule has 2 amide bonds. The van der Waals surface area contributed by atoms with Gasteiger partial charge in [0.1, 0.15) is 18.0 Å². The van der Waals surface area contributed by atoms with Crippen molar-refractivity contribution in [1.29, 1.82) is 0 Å². The van der Waals surface area contributed by atoms with E-state index < -0.39 is 23.9 Å². The molecule has 1 fully saturated rings. The first-order chi connectivity index (χ1) is 9.90. The third-order valence-electron chi connectivity index (χ3n) is 3.44. The lowest BCUT2D eigenvalue weighted by atomic mass is 10.1. The minimum Gasteiger partial charge on any atom is -0.350 e. The monoisotopic (exact) mass is 316 g/mol. The summed E-state index contributed by atoms with van der Waals surface area (Å²) >= 11 is 5.65. The standard InChI is InChI=1S/C14H15ClF2N2O2/c1-8(20)19-7-10(16)5-12(19)14(21)18-6-9-3-2-4-11(15)13(9)17/h2-4,10,12H,5-7H2,1H3,(H,18,21)/t10-,12+/m1/s1. The molecule has 114 valence electrons. The van der Waals surface area contributed by atoms with Crippen molar-refractivity contribution in [1.82, 2.24) is 10.2 Å². The second-order valence-electron chi connectivity index (χ2n) is 4.95. The van der Waals surface area contributed by atoms with Crippen LogP contribution >= 0.6 is 11.6 Å². The predicted molar refractivity (Wildman–Crippen MR) is 73.9 cm³/mol. The van der Waals surface area contributed by atoms with Crippen molar-refractivity contribution in [2.24, 2.45) is 0 Å². The van der Waals surface area contributed by atoms with Crippen molar-refractivity contribution in [3.8, 4) is 0 Å². The van der Waals surface area contributed by atoms with E-state index in [9.17, 15) is 18.4 Å². The molecule has 1 saturated heterocycles. The highest BCUT2D eigenvalue weighted by Gasteiger charge is 2.38. The van der Waals surface area contributed by atoms with Gasteiger partial charge in [-0.15, -0.1) is 0 Å². The number of amides is 2. The molecule has 2 atom stereocenters. The normalized spacial score (nSPS) is 21.4. The zero-order valence-electron chi connectivity index (χ0n) is 11.4. The summed E-state index contributed by atoms with van der Waals surface area (Å²) in [6.45, 7) is 1.14. The first-order valence-corrected chi connectivity index (χ1v) is 6.89. The number of hydrogen-bond acceptors (Lipinski definition) is 2. The molecule has 0 spiro atoms. The van der Waals surface area contributed by atoms with E-state index in [0.29, 0.717) is 0 Å². The molecular weight excluding hydrogens is 302 g/mol. The van der Waals surface area contributed by atoms with Crippen LogP contribution in [0, 0.1) is 5.82 Å². The third kappa shape index (κ3) is 3.50. The Morgan fingerprint density at radius 3 is 2.86 bits per heavy atom. The molecule has 1 aliphatic heterocycles. The third-order valence-corrected chi connectivity index (χ3v) is 3.73. The molecule has 0 unspecified atom stereocenters. The fraction of sp³-hybridized carbons (Fsp3) is 0.429. The molecule has 1 aromatic rings. The van der Waals surface area contributed by atoms with Gasteiger partial charge < -0.3 is 10.2 Å². The zero-order valence-corrected chi connectivity index (χ0v) is 12.2. The lowest BCUT2D eigenvalue weighted by Gasteiger charge is -2.22. The van der Waals surface area contributed by atoms with Crippen LogP contribution in [-0.2, 0) is 16.1 Å². The fourth-order valence-electron chi connectivity index (χ4n) is 2.37. The fourth-order valence-corrected chi connectivity index (χ4v) is 2.56. The highest BCUT2D eigenvalue weighted by Crippen LogP contribution is 2.21. The summed E-state index contributed by atoms with van der Waals surface area (Å²) in [5.41, 5.74) is 0.236. The molecule has 1 N–H and O–H groups in total. The molecule has 1 aromatic carbocycles. The minimum absolute atomic E-state index is 0.0307. The first-order valence-electron chi connectivity index (χ1n) is 6.52. The van der Waals surface area contributed by atoms with E-state index in [1.165, 1.54) is 24.0 Å². The Morgan fingerprint density at radius 2 is 2.19 bits per heavy atom. The summed E-state index contributed by atoms with van der Waals surface area (Å²) in [4.78, 5) is 24.6. The number of hydrogen-bond donors (Lipinski definition) is 1. The maximum Gasteiger partial charge on any atom is 0.243 e. The Balaban J connectivity index is 2.01. The van der Waals surface area contributed by atoms with Crippen LogP contribution in [0.5, 0.6) is 0 Å². The van der Waals surface area contributed by atoms with Crippen LogP contribution in [0.25, 0.3) is 0 Å². The van der Waals surface area contributed by atoms with Crippen molar-refractivity contribution in [2.75, 3.05) is 6.54 Å². The highest BCUT2D eigenvalue weighted by molar-refractivity contribution is 6.30. The number of carbonyl (C=O) groups excluding carboxylic acids is 2. The van der Waals surface area contributed by atoms with Gasteiger partial charge in [-0.1, -0.05) is 23.7 Å². The van der Waals surface area contributed by atoms with E-state index in [0.717, 1.165) is 0 Å². The summed E-state index contributed by atoms with van der Waals surface area (Å²) in [5.74, 6) is -1.45. The van der Waals surface area contributed by atoms with Gasteiger partial charge >= 0.3 is 0 Å². The molecule has 0 radical (unpaired) electrons. The molecule has 21 heavy (non-hydrogen) atoms.